The summed E-state index contributed by atoms with van der Waals surface area (Å²) in [6.07, 6.45) is 0. The van der Waals surface area contributed by atoms with E-state index < -0.39 is 5.97 Å². The van der Waals surface area contributed by atoms with Gasteiger partial charge < -0.3 is 9.52 Å². The smallest absolute Gasteiger partial charge is 0.317 e. The molecule has 0 amide bonds. The Labute approximate surface area is 109 Å². The van der Waals surface area contributed by atoms with Crippen molar-refractivity contribution in [3.63, 3.8) is 0 Å². The van der Waals surface area contributed by atoms with Gasteiger partial charge in [0.15, 0.2) is 0 Å². The second-order valence-corrected chi connectivity index (χ2v) is 5.57. The van der Waals surface area contributed by atoms with Crippen LogP contribution in [0.3, 0.4) is 0 Å². The summed E-state index contributed by atoms with van der Waals surface area (Å²) in [5.74, 6) is -0.120. The number of aliphatic carboxylic acids is 1. The molecule has 0 aliphatic carbocycles. The summed E-state index contributed by atoms with van der Waals surface area (Å²) >= 11 is 4.83. The molecule has 0 spiro atoms. The highest BCUT2D eigenvalue weighted by molar-refractivity contribution is 9.11. The van der Waals surface area contributed by atoms with Crippen LogP contribution in [-0.2, 0) is 11.3 Å². The summed E-state index contributed by atoms with van der Waals surface area (Å²) in [5, 5.41) is 18.8. The van der Waals surface area contributed by atoms with Gasteiger partial charge in [-0.15, -0.1) is 21.5 Å². The number of aromatic nitrogens is 2. The zero-order valence-electron chi connectivity index (χ0n) is 8.51. The molecule has 0 saturated heterocycles. The lowest BCUT2D eigenvalue weighted by Crippen LogP contribution is -2.21. The molecule has 0 aliphatic rings. The topological polar surface area (TPSA) is 88.2 Å². The zero-order chi connectivity index (χ0) is 12.3. The highest BCUT2D eigenvalue weighted by Crippen LogP contribution is 2.30. The molecule has 2 N–H and O–H groups in total. The number of halogens is 1. The van der Waals surface area contributed by atoms with Gasteiger partial charge in [-0.3, -0.25) is 10.1 Å². The summed E-state index contributed by atoms with van der Waals surface area (Å²) in [5.41, 5.74) is 0. The fourth-order valence-electron chi connectivity index (χ4n) is 1.13. The predicted molar refractivity (Wildman–Crippen MR) is 64.7 cm³/mol. The van der Waals surface area contributed by atoms with Crippen LogP contribution in [0.25, 0.3) is 10.8 Å². The van der Waals surface area contributed by atoms with Crippen LogP contribution in [0.2, 0.25) is 0 Å². The Kier molecular flexibility index (Phi) is 3.87. The summed E-state index contributed by atoms with van der Waals surface area (Å²) in [7, 11) is 0. The first-order valence-electron chi connectivity index (χ1n) is 4.66. The SMILES string of the molecule is O=C(O)CNCc1nnc(-c2ccc(Br)s2)o1. The first-order chi connectivity index (χ1) is 8.15. The fourth-order valence-corrected chi connectivity index (χ4v) is 2.44. The average Bonchev–Trinajstić information content (AvgIpc) is 2.86. The number of carbonyl (C=O) groups is 1. The second-order valence-electron chi connectivity index (χ2n) is 3.10. The zero-order valence-corrected chi connectivity index (χ0v) is 10.9. The van der Waals surface area contributed by atoms with E-state index in [1.807, 2.05) is 12.1 Å². The molecule has 0 fully saturated rings. The van der Waals surface area contributed by atoms with Crippen molar-refractivity contribution in [1.82, 2.24) is 15.5 Å². The normalized spacial score (nSPS) is 10.6. The van der Waals surface area contributed by atoms with E-state index in [9.17, 15) is 4.79 Å². The molecule has 0 radical (unpaired) electrons. The Morgan fingerprint density at radius 3 is 3.00 bits per heavy atom. The number of carboxylic acid groups (broad SMARTS) is 1. The third kappa shape index (κ3) is 3.35. The van der Waals surface area contributed by atoms with Crippen molar-refractivity contribution in [2.24, 2.45) is 0 Å². The number of hydrogen-bond acceptors (Lipinski definition) is 6. The van der Waals surface area contributed by atoms with Gasteiger partial charge in [-0.2, -0.15) is 0 Å². The van der Waals surface area contributed by atoms with Gasteiger partial charge in [0.05, 0.1) is 21.8 Å². The minimum Gasteiger partial charge on any atom is -0.480 e. The molecule has 2 aromatic rings. The van der Waals surface area contributed by atoms with E-state index in [2.05, 4.69) is 31.4 Å². The molecular weight excluding hydrogens is 310 g/mol. The van der Waals surface area contributed by atoms with Crippen molar-refractivity contribution in [3.8, 4) is 10.8 Å². The molecule has 0 bridgehead atoms. The highest BCUT2D eigenvalue weighted by atomic mass is 79.9. The van der Waals surface area contributed by atoms with Crippen LogP contribution >= 0.6 is 27.3 Å². The maximum absolute atomic E-state index is 10.3. The molecular formula is C9H8BrN3O3S. The van der Waals surface area contributed by atoms with Crippen molar-refractivity contribution >= 4 is 33.2 Å². The van der Waals surface area contributed by atoms with Crippen molar-refractivity contribution in [1.29, 1.82) is 0 Å². The van der Waals surface area contributed by atoms with Gasteiger partial charge in [-0.05, 0) is 28.1 Å². The molecule has 6 nitrogen and oxygen atoms in total. The van der Waals surface area contributed by atoms with E-state index in [4.69, 9.17) is 9.52 Å². The lowest BCUT2D eigenvalue weighted by molar-refractivity contribution is -0.136. The van der Waals surface area contributed by atoms with Gasteiger partial charge in [0.25, 0.3) is 5.89 Å². The lowest BCUT2D eigenvalue weighted by atomic mass is 10.5. The molecule has 2 heterocycles. The molecule has 0 aliphatic heterocycles. The third-order valence-corrected chi connectivity index (χ3v) is 3.41. The lowest BCUT2D eigenvalue weighted by Gasteiger charge is -1.95. The maximum atomic E-state index is 10.3. The van der Waals surface area contributed by atoms with Crippen molar-refractivity contribution < 1.29 is 14.3 Å². The van der Waals surface area contributed by atoms with Crippen molar-refractivity contribution in [2.45, 2.75) is 6.54 Å². The molecule has 2 aromatic heterocycles. The van der Waals surface area contributed by atoms with E-state index in [0.29, 0.717) is 11.8 Å². The highest BCUT2D eigenvalue weighted by Gasteiger charge is 2.10. The summed E-state index contributed by atoms with van der Waals surface area (Å²) in [6.45, 7) is 0.105. The number of rotatable bonds is 5. The van der Waals surface area contributed by atoms with E-state index in [1.165, 1.54) is 11.3 Å². The van der Waals surface area contributed by atoms with Gasteiger partial charge in [0.1, 0.15) is 0 Å². The fraction of sp³-hybridized carbons (Fsp3) is 0.222. The Morgan fingerprint density at radius 2 is 2.35 bits per heavy atom. The summed E-state index contributed by atoms with van der Waals surface area (Å²) < 4.78 is 6.36. The summed E-state index contributed by atoms with van der Waals surface area (Å²) in [6, 6.07) is 3.77. The van der Waals surface area contributed by atoms with E-state index in [-0.39, 0.29) is 13.1 Å². The van der Waals surface area contributed by atoms with E-state index in [1.54, 1.807) is 0 Å². The van der Waals surface area contributed by atoms with Gasteiger partial charge in [0.2, 0.25) is 5.89 Å². The Bertz CT molecular complexity index is 525. The molecule has 0 saturated carbocycles. The van der Waals surface area contributed by atoms with E-state index >= 15 is 0 Å². The Hall–Kier alpha value is -1.25. The van der Waals surface area contributed by atoms with Crippen LogP contribution in [0.5, 0.6) is 0 Å². The largest absolute Gasteiger partial charge is 0.480 e. The molecule has 0 unspecified atom stereocenters. The van der Waals surface area contributed by atoms with Crippen LogP contribution in [0.4, 0.5) is 0 Å². The molecule has 2 rings (SSSR count). The van der Waals surface area contributed by atoms with Crippen LogP contribution in [0.15, 0.2) is 20.3 Å². The number of nitrogens with one attached hydrogen (secondary N) is 1. The van der Waals surface area contributed by atoms with E-state index in [0.717, 1.165) is 8.66 Å². The third-order valence-electron chi connectivity index (χ3n) is 1.80. The van der Waals surface area contributed by atoms with Gasteiger partial charge in [0, 0.05) is 0 Å². The Balaban J connectivity index is 1.98. The summed E-state index contributed by atoms with van der Waals surface area (Å²) in [4.78, 5) is 11.2. The minimum atomic E-state index is -0.924. The monoisotopic (exact) mass is 317 g/mol. The van der Waals surface area contributed by atoms with Crippen LogP contribution in [0, 0.1) is 0 Å². The van der Waals surface area contributed by atoms with Crippen LogP contribution in [0.1, 0.15) is 5.89 Å². The molecule has 8 heteroatoms. The van der Waals surface area contributed by atoms with Gasteiger partial charge in [-0.25, -0.2) is 0 Å². The molecule has 0 atom stereocenters. The predicted octanol–water partition coefficient (Wildman–Crippen LogP) is 1.73. The number of hydrogen-bond donors (Lipinski definition) is 2. The maximum Gasteiger partial charge on any atom is 0.317 e. The van der Waals surface area contributed by atoms with Gasteiger partial charge in [-0.1, -0.05) is 0 Å². The first-order valence-corrected chi connectivity index (χ1v) is 6.26. The number of carboxylic acids is 1. The minimum absolute atomic E-state index is 0.137. The first kappa shape index (κ1) is 12.2. The molecule has 90 valence electrons. The van der Waals surface area contributed by atoms with Crippen LogP contribution in [-0.4, -0.2) is 27.8 Å². The second kappa shape index (κ2) is 5.39. The van der Waals surface area contributed by atoms with Crippen LogP contribution < -0.4 is 5.32 Å². The standard InChI is InChI=1S/C9H8BrN3O3S/c10-6-2-1-5(17-6)9-13-12-7(16-9)3-11-4-8(14)15/h1-2,11H,3-4H2,(H,14,15). The van der Waals surface area contributed by atoms with Crippen molar-refractivity contribution in [3.05, 3.63) is 21.8 Å². The Morgan fingerprint density at radius 1 is 1.53 bits per heavy atom. The molecule has 0 aromatic carbocycles. The number of thiophene rings is 1. The van der Waals surface area contributed by atoms with Gasteiger partial charge >= 0.3 is 5.97 Å². The molecule has 17 heavy (non-hydrogen) atoms. The number of nitrogens with zero attached hydrogens (tertiary/aromatic N) is 2. The quantitative estimate of drug-likeness (QED) is 0.873. The van der Waals surface area contributed by atoms with Crippen molar-refractivity contribution in [2.75, 3.05) is 6.54 Å². The average molecular weight is 318 g/mol.